The fourth-order valence-corrected chi connectivity index (χ4v) is 1.44. The van der Waals surface area contributed by atoms with E-state index in [1.165, 1.54) is 0 Å². The summed E-state index contributed by atoms with van der Waals surface area (Å²) in [6, 6.07) is 13.0. The largest absolute Gasteiger partial charge is 0.477 e. The van der Waals surface area contributed by atoms with Gasteiger partial charge in [-0.25, -0.2) is 4.79 Å². The van der Waals surface area contributed by atoms with E-state index in [-0.39, 0.29) is 5.69 Å². The minimum atomic E-state index is -0.928. The fourth-order valence-electron chi connectivity index (χ4n) is 1.44. The standard InChI is InChI=1S/C13H11NO2/c15-13(16)12-7-4-9-14(12)10-8-11-5-2-1-3-6-11/h1-10H,(H,15,16)/b10-8-. The third-order valence-corrected chi connectivity index (χ3v) is 2.23. The van der Waals surface area contributed by atoms with Crippen LogP contribution < -0.4 is 0 Å². The molecule has 0 saturated heterocycles. The number of benzene rings is 1. The van der Waals surface area contributed by atoms with Crippen LogP contribution in [0.15, 0.2) is 48.7 Å². The normalized spacial score (nSPS) is 10.8. The molecule has 0 amide bonds. The van der Waals surface area contributed by atoms with Gasteiger partial charge < -0.3 is 9.67 Å². The van der Waals surface area contributed by atoms with Gasteiger partial charge >= 0.3 is 5.97 Å². The number of carboxylic acids is 1. The van der Waals surface area contributed by atoms with E-state index in [1.807, 2.05) is 36.4 Å². The average molecular weight is 213 g/mol. The molecule has 3 heteroatoms. The number of hydrogen-bond donors (Lipinski definition) is 1. The molecule has 1 aromatic heterocycles. The molecule has 0 unspecified atom stereocenters. The van der Waals surface area contributed by atoms with Crippen LogP contribution in [0.1, 0.15) is 16.1 Å². The second-order valence-corrected chi connectivity index (χ2v) is 3.33. The van der Waals surface area contributed by atoms with Crippen LogP contribution in [0.3, 0.4) is 0 Å². The number of nitrogens with zero attached hydrogens (tertiary/aromatic N) is 1. The van der Waals surface area contributed by atoms with Crippen LogP contribution in [0.25, 0.3) is 12.3 Å². The summed E-state index contributed by atoms with van der Waals surface area (Å²) >= 11 is 0. The van der Waals surface area contributed by atoms with E-state index >= 15 is 0 Å². The van der Waals surface area contributed by atoms with Gasteiger partial charge in [0.2, 0.25) is 0 Å². The number of carbonyl (C=O) groups is 1. The lowest BCUT2D eigenvalue weighted by atomic mass is 10.2. The van der Waals surface area contributed by atoms with E-state index in [0.29, 0.717) is 0 Å². The van der Waals surface area contributed by atoms with Gasteiger partial charge in [-0.15, -0.1) is 0 Å². The summed E-state index contributed by atoms with van der Waals surface area (Å²) in [6.07, 6.45) is 5.31. The maximum Gasteiger partial charge on any atom is 0.352 e. The Kier molecular flexibility index (Phi) is 2.87. The van der Waals surface area contributed by atoms with Crippen LogP contribution in [-0.2, 0) is 0 Å². The lowest BCUT2D eigenvalue weighted by molar-refractivity contribution is 0.0689. The van der Waals surface area contributed by atoms with E-state index in [4.69, 9.17) is 5.11 Å². The summed E-state index contributed by atoms with van der Waals surface area (Å²) in [7, 11) is 0. The summed E-state index contributed by atoms with van der Waals surface area (Å²) in [4.78, 5) is 10.8. The van der Waals surface area contributed by atoms with Crippen LogP contribution in [0.4, 0.5) is 0 Å². The van der Waals surface area contributed by atoms with E-state index in [2.05, 4.69) is 0 Å². The quantitative estimate of drug-likeness (QED) is 0.851. The highest BCUT2D eigenvalue weighted by Crippen LogP contribution is 2.06. The van der Waals surface area contributed by atoms with Crippen molar-refractivity contribution in [1.82, 2.24) is 4.57 Å². The lowest BCUT2D eigenvalue weighted by Gasteiger charge is -1.98. The third-order valence-electron chi connectivity index (χ3n) is 2.23. The molecule has 0 saturated carbocycles. The van der Waals surface area contributed by atoms with Crippen molar-refractivity contribution in [3.8, 4) is 0 Å². The maximum atomic E-state index is 10.8. The Morgan fingerprint density at radius 2 is 1.88 bits per heavy atom. The van der Waals surface area contributed by atoms with Crippen LogP contribution in [-0.4, -0.2) is 15.6 Å². The SMILES string of the molecule is O=C(O)c1cccn1/C=C\c1ccccc1. The van der Waals surface area contributed by atoms with Gasteiger partial charge in [-0.3, -0.25) is 0 Å². The first-order valence-corrected chi connectivity index (χ1v) is 4.91. The van der Waals surface area contributed by atoms with Crippen LogP contribution in [0.2, 0.25) is 0 Å². The van der Waals surface area contributed by atoms with E-state index in [9.17, 15) is 4.79 Å². The maximum absolute atomic E-state index is 10.8. The molecule has 0 atom stereocenters. The molecule has 1 aromatic carbocycles. The second kappa shape index (κ2) is 4.49. The van der Waals surface area contributed by atoms with Gasteiger partial charge in [0.1, 0.15) is 5.69 Å². The minimum absolute atomic E-state index is 0.257. The molecule has 16 heavy (non-hydrogen) atoms. The smallest absolute Gasteiger partial charge is 0.352 e. The number of carboxylic acid groups (broad SMARTS) is 1. The van der Waals surface area contributed by atoms with E-state index < -0.39 is 5.97 Å². The number of rotatable bonds is 3. The zero-order valence-electron chi connectivity index (χ0n) is 8.58. The predicted molar refractivity (Wildman–Crippen MR) is 63.1 cm³/mol. The molecular formula is C13H11NO2. The van der Waals surface area contributed by atoms with Crippen molar-refractivity contribution in [2.75, 3.05) is 0 Å². The Morgan fingerprint density at radius 1 is 1.12 bits per heavy atom. The molecule has 0 aliphatic rings. The molecule has 0 radical (unpaired) electrons. The highest BCUT2D eigenvalue weighted by atomic mass is 16.4. The highest BCUT2D eigenvalue weighted by molar-refractivity contribution is 5.87. The van der Waals surface area contributed by atoms with Crippen molar-refractivity contribution in [3.05, 3.63) is 59.9 Å². The molecule has 1 N–H and O–H groups in total. The first-order valence-electron chi connectivity index (χ1n) is 4.91. The van der Waals surface area contributed by atoms with E-state index in [0.717, 1.165) is 5.56 Å². The Balaban J connectivity index is 2.24. The van der Waals surface area contributed by atoms with Gasteiger partial charge in [0.15, 0.2) is 0 Å². The molecule has 80 valence electrons. The summed E-state index contributed by atoms with van der Waals surface area (Å²) < 4.78 is 1.58. The van der Waals surface area contributed by atoms with Crippen molar-refractivity contribution < 1.29 is 9.90 Å². The molecule has 2 aromatic rings. The Hall–Kier alpha value is -2.29. The van der Waals surface area contributed by atoms with Gasteiger partial charge in [0, 0.05) is 12.4 Å². The molecule has 0 fully saturated rings. The zero-order chi connectivity index (χ0) is 11.4. The summed E-state index contributed by atoms with van der Waals surface area (Å²) in [6.45, 7) is 0. The van der Waals surface area contributed by atoms with Crippen LogP contribution >= 0.6 is 0 Å². The van der Waals surface area contributed by atoms with Gasteiger partial charge in [-0.05, 0) is 23.8 Å². The van der Waals surface area contributed by atoms with Crippen LogP contribution in [0, 0.1) is 0 Å². The number of hydrogen-bond acceptors (Lipinski definition) is 1. The Bertz CT molecular complexity index is 512. The number of aromatic carboxylic acids is 1. The minimum Gasteiger partial charge on any atom is -0.477 e. The molecule has 0 aliphatic carbocycles. The van der Waals surface area contributed by atoms with Crippen molar-refractivity contribution in [2.24, 2.45) is 0 Å². The third kappa shape index (κ3) is 2.20. The zero-order valence-corrected chi connectivity index (χ0v) is 8.58. The monoisotopic (exact) mass is 213 g/mol. The Labute approximate surface area is 93.3 Å². The van der Waals surface area contributed by atoms with Gasteiger partial charge in [-0.1, -0.05) is 30.3 Å². The highest BCUT2D eigenvalue weighted by Gasteiger charge is 2.05. The molecule has 0 bridgehead atoms. The molecule has 2 rings (SSSR count). The van der Waals surface area contributed by atoms with Gasteiger partial charge in [-0.2, -0.15) is 0 Å². The predicted octanol–water partition coefficient (Wildman–Crippen LogP) is 2.81. The lowest BCUT2D eigenvalue weighted by Crippen LogP contribution is -2.01. The summed E-state index contributed by atoms with van der Waals surface area (Å²) in [5.41, 5.74) is 1.29. The summed E-state index contributed by atoms with van der Waals surface area (Å²) in [5, 5.41) is 8.90. The fraction of sp³-hybridized carbons (Fsp3) is 0. The van der Waals surface area contributed by atoms with Gasteiger partial charge in [0.25, 0.3) is 0 Å². The number of aromatic nitrogens is 1. The van der Waals surface area contributed by atoms with Crippen molar-refractivity contribution in [2.45, 2.75) is 0 Å². The van der Waals surface area contributed by atoms with Crippen molar-refractivity contribution >= 4 is 18.2 Å². The first-order chi connectivity index (χ1) is 7.77. The Morgan fingerprint density at radius 3 is 2.56 bits per heavy atom. The van der Waals surface area contributed by atoms with Crippen molar-refractivity contribution in [3.63, 3.8) is 0 Å². The molecule has 1 heterocycles. The second-order valence-electron chi connectivity index (χ2n) is 3.33. The van der Waals surface area contributed by atoms with Crippen molar-refractivity contribution in [1.29, 1.82) is 0 Å². The molecular weight excluding hydrogens is 202 g/mol. The van der Waals surface area contributed by atoms with E-state index in [1.54, 1.807) is 29.1 Å². The molecule has 3 nitrogen and oxygen atoms in total. The van der Waals surface area contributed by atoms with Gasteiger partial charge in [0.05, 0.1) is 0 Å². The molecule has 0 spiro atoms. The average Bonchev–Trinajstić information content (AvgIpc) is 2.76. The molecule has 0 aliphatic heterocycles. The summed E-state index contributed by atoms with van der Waals surface area (Å²) in [5.74, 6) is -0.928. The van der Waals surface area contributed by atoms with Crippen LogP contribution in [0.5, 0.6) is 0 Å². The first kappa shape index (κ1) is 10.2. The topological polar surface area (TPSA) is 42.2 Å².